The highest BCUT2D eigenvalue weighted by Crippen LogP contribution is 2.25. The molecule has 0 spiro atoms. The van der Waals surface area contributed by atoms with Gasteiger partial charge in [0.25, 0.3) is 5.56 Å². The predicted molar refractivity (Wildman–Crippen MR) is 129 cm³/mol. The van der Waals surface area contributed by atoms with Crippen LogP contribution in [-0.2, 0) is 13.1 Å². The summed E-state index contributed by atoms with van der Waals surface area (Å²) in [5.74, 6) is -0.417. The SMILES string of the molecule is Cc1cccc(F)c1Cn1cc(-c2ccccc2Cl)c(=O)n(CC(N)c2ccccc2)c1=O. The molecule has 1 unspecified atom stereocenters. The molecule has 0 aliphatic carbocycles. The summed E-state index contributed by atoms with van der Waals surface area (Å²) < 4.78 is 17.0. The minimum atomic E-state index is -0.582. The van der Waals surface area contributed by atoms with Crippen molar-refractivity contribution in [1.29, 1.82) is 0 Å². The molecular weight excluding hydrogens is 441 g/mol. The summed E-state index contributed by atoms with van der Waals surface area (Å²) in [5.41, 5.74) is 7.89. The van der Waals surface area contributed by atoms with Gasteiger partial charge in [-0.05, 0) is 30.2 Å². The summed E-state index contributed by atoms with van der Waals surface area (Å²) in [6.07, 6.45) is 1.45. The number of halogens is 2. The Morgan fingerprint density at radius 3 is 2.33 bits per heavy atom. The van der Waals surface area contributed by atoms with Crippen LogP contribution >= 0.6 is 11.6 Å². The van der Waals surface area contributed by atoms with Gasteiger partial charge in [-0.1, -0.05) is 72.3 Å². The first-order valence-electron chi connectivity index (χ1n) is 10.5. The number of nitrogens with zero attached hydrogens (tertiary/aromatic N) is 2. The van der Waals surface area contributed by atoms with Crippen molar-refractivity contribution in [2.24, 2.45) is 5.73 Å². The monoisotopic (exact) mass is 463 g/mol. The normalized spacial score (nSPS) is 12.0. The molecule has 0 aliphatic heterocycles. The maximum absolute atomic E-state index is 14.5. The zero-order valence-electron chi connectivity index (χ0n) is 18.0. The molecule has 2 N–H and O–H groups in total. The zero-order valence-corrected chi connectivity index (χ0v) is 18.8. The van der Waals surface area contributed by atoms with Crippen LogP contribution in [0.5, 0.6) is 0 Å². The summed E-state index contributed by atoms with van der Waals surface area (Å²) >= 11 is 6.37. The van der Waals surface area contributed by atoms with Gasteiger partial charge in [-0.15, -0.1) is 0 Å². The average molecular weight is 464 g/mol. The average Bonchev–Trinajstić information content (AvgIpc) is 2.81. The van der Waals surface area contributed by atoms with E-state index in [0.29, 0.717) is 21.7 Å². The van der Waals surface area contributed by atoms with Crippen molar-refractivity contribution in [2.75, 3.05) is 0 Å². The van der Waals surface area contributed by atoms with Crippen molar-refractivity contribution in [3.05, 3.63) is 127 Å². The lowest BCUT2D eigenvalue weighted by Crippen LogP contribution is -2.42. The standard InChI is InChI=1S/C26H23ClFN3O2/c1-17-8-7-13-23(28)20(17)14-30-15-21(19-11-5-6-12-22(19)27)25(32)31(26(30)33)16-24(29)18-9-3-2-4-10-18/h2-13,15,24H,14,16,29H2,1H3. The first-order valence-corrected chi connectivity index (χ1v) is 10.9. The molecule has 0 aliphatic rings. The van der Waals surface area contributed by atoms with Gasteiger partial charge in [-0.2, -0.15) is 0 Å². The van der Waals surface area contributed by atoms with Crippen LogP contribution in [0.3, 0.4) is 0 Å². The molecule has 168 valence electrons. The number of hydrogen-bond acceptors (Lipinski definition) is 3. The Labute approximate surface area is 195 Å². The molecule has 1 heterocycles. The molecule has 3 aromatic carbocycles. The van der Waals surface area contributed by atoms with Gasteiger partial charge in [0.15, 0.2) is 0 Å². The van der Waals surface area contributed by atoms with E-state index in [1.807, 2.05) is 30.3 Å². The molecule has 0 amide bonds. The Kier molecular flexibility index (Phi) is 6.58. The predicted octanol–water partition coefficient (Wildman–Crippen LogP) is 4.53. The van der Waals surface area contributed by atoms with Crippen molar-refractivity contribution in [2.45, 2.75) is 26.1 Å². The molecule has 0 fully saturated rings. The van der Waals surface area contributed by atoms with Gasteiger partial charge >= 0.3 is 5.69 Å². The van der Waals surface area contributed by atoms with E-state index in [9.17, 15) is 14.0 Å². The third-order valence-electron chi connectivity index (χ3n) is 5.69. The molecule has 7 heteroatoms. The van der Waals surface area contributed by atoms with E-state index in [1.54, 1.807) is 43.3 Å². The number of rotatable bonds is 6. The van der Waals surface area contributed by atoms with Crippen LogP contribution in [0.25, 0.3) is 11.1 Å². The minimum absolute atomic E-state index is 0.0315. The first kappa shape index (κ1) is 22.7. The molecule has 5 nitrogen and oxygen atoms in total. The van der Waals surface area contributed by atoms with Gasteiger partial charge < -0.3 is 5.73 Å². The van der Waals surface area contributed by atoms with E-state index in [2.05, 4.69) is 0 Å². The second kappa shape index (κ2) is 9.57. The van der Waals surface area contributed by atoms with Crippen LogP contribution in [0.4, 0.5) is 4.39 Å². The second-order valence-corrected chi connectivity index (χ2v) is 8.31. The molecule has 0 radical (unpaired) electrons. The third kappa shape index (κ3) is 4.67. The summed E-state index contributed by atoms with van der Waals surface area (Å²) in [5, 5.41) is 0.376. The minimum Gasteiger partial charge on any atom is -0.322 e. The van der Waals surface area contributed by atoms with Gasteiger partial charge in [-0.3, -0.25) is 13.9 Å². The molecule has 1 atom stereocenters. The number of hydrogen-bond donors (Lipinski definition) is 1. The molecule has 33 heavy (non-hydrogen) atoms. The van der Waals surface area contributed by atoms with E-state index in [4.69, 9.17) is 17.3 Å². The van der Waals surface area contributed by atoms with E-state index >= 15 is 0 Å². The molecule has 0 saturated carbocycles. The highest BCUT2D eigenvalue weighted by molar-refractivity contribution is 6.33. The topological polar surface area (TPSA) is 70.0 Å². The highest BCUT2D eigenvalue weighted by atomic mass is 35.5. The van der Waals surface area contributed by atoms with E-state index < -0.39 is 23.1 Å². The molecule has 1 aromatic heterocycles. The van der Waals surface area contributed by atoms with Gasteiger partial charge in [0.2, 0.25) is 0 Å². The van der Waals surface area contributed by atoms with Crippen LogP contribution in [0, 0.1) is 12.7 Å². The van der Waals surface area contributed by atoms with E-state index in [0.717, 1.165) is 10.1 Å². The summed E-state index contributed by atoms with van der Waals surface area (Å²) in [6.45, 7) is 1.71. The fourth-order valence-electron chi connectivity index (χ4n) is 3.83. The lowest BCUT2D eigenvalue weighted by Gasteiger charge is -2.18. The van der Waals surface area contributed by atoms with Crippen molar-refractivity contribution in [1.82, 2.24) is 9.13 Å². The Balaban J connectivity index is 1.89. The van der Waals surface area contributed by atoms with Crippen LogP contribution in [0.15, 0.2) is 88.6 Å². The van der Waals surface area contributed by atoms with E-state index in [1.165, 1.54) is 16.8 Å². The van der Waals surface area contributed by atoms with Crippen LogP contribution < -0.4 is 17.0 Å². The molecule has 0 bridgehead atoms. The smallest absolute Gasteiger partial charge is 0.322 e. The lowest BCUT2D eigenvalue weighted by molar-refractivity contribution is 0.508. The maximum atomic E-state index is 14.5. The number of benzene rings is 3. The highest BCUT2D eigenvalue weighted by Gasteiger charge is 2.19. The number of aromatic nitrogens is 2. The Morgan fingerprint density at radius 2 is 1.64 bits per heavy atom. The molecule has 0 saturated heterocycles. The summed E-state index contributed by atoms with van der Waals surface area (Å²) in [4.78, 5) is 26.8. The Bertz CT molecular complexity index is 1390. The second-order valence-electron chi connectivity index (χ2n) is 7.90. The summed E-state index contributed by atoms with van der Waals surface area (Å²) in [7, 11) is 0. The first-order chi connectivity index (χ1) is 15.9. The van der Waals surface area contributed by atoms with E-state index in [-0.39, 0.29) is 18.7 Å². The quantitative estimate of drug-likeness (QED) is 0.457. The lowest BCUT2D eigenvalue weighted by atomic mass is 10.1. The third-order valence-corrected chi connectivity index (χ3v) is 6.02. The van der Waals surface area contributed by atoms with Gasteiger partial charge in [0.05, 0.1) is 18.7 Å². The van der Waals surface area contributed by atoms with Crippen LogP contribution in [0.2, 0.25) is 5.02 Å². The van der Waals surface area contributed by atoms with Crippen molar-refractivity contribution < 1.29 is 4.39 Å². The maximum Gasteiger partial charge on any atom is 0.331 e. The fraction of sp³-hybridized carbons (Fsp3) is 0.154. The Morgan fingerprint density at radius 1 is 0.939 bits per heavy atom. The van der Waals surface area contributed by atoms with Crippen molar-refractivity contribution in [3.63, 3.8) is 0 Å². The van der Waals surface area contributed by atoms with Crippen LogP contribution in [-0.4, -0.2) is 9.13 Å². The fourth-order valence-corrected chi connectivity index (χ4v) is 4.07. The Hall–Kier alpha value is -3.48. The van der Waals surface area contributed by atoms with Gasteiger partial charge in [0, 0.05) is 28.4 Å². The summed E-state index contributed by atoms with van der Waals surface area (Å²) in [6, 6.07) is 20.3. The van der Waals surface area contributed by atoms with Crippen LogP contribution in [0.1, 0.15) is 22.7 Å². The van der Waals surface area contributed by atoms with Gasteiger partial charge in [0.1, 0.15) is 5.82 Å². The molecular formula is C26H23ClFN3O2. The molecule has 4 rings (SSSR count). The number of aryl methyl sites for hydroxylation is 1. The largest absolute Gasteiger partial charge is 0.331 e. The van der Waals surface area contributed by atoms with Crippen molar-refractivity contribution >= 4 is 11.6 Å². The van der Waals surface area contributed by atoms with Gasteiger partial charge in [-0.25, -0.2) is 9.18 Å². The zero-order chi connectivity index (χ0) is 23.5. The number of nitrogens with two attached hydrogens (primary N) is 1. The molecule has 4 aromatic rings. The van der Waals surface area contributed by atoms with Crippen molar-refractivity contribution in [3.8, 4) is 11.1 Å².